The molecule has 0 fully saturated rings. The smallest absolute Gasteiger partial charge is 0.237 e. The Hall–Kier alpha value is -0.810. The van der Waals surface area contributed by atoms with Crippen LogP contribution in [0.3, 0.4) is 0 Å². The highest BCUT2D eigenvalue weighted by Gasteiger charge is 2.06. The van der Waals surface area contributed by atoms with E-state index in [2.05, 4.69) is 46.8 Å². The lowest BCUT2D eigenvalue weighted by Crippen LogP contribution is -2.26. The van der Waals surface area contributed by atoms with Crippen LogP contribution in [0.15, 0.2) is 16.7 Å². The molecule has 0 amide bonds. The average molecular weight is 288 g/mol. The average Bonchev–Trinajstić information content (AvgIpc) is 2.20. The molecule has 0 aromatic carbocycles. The first-order valence-electron chi connectivity index (χ1n) is 5.21. The fourth-order valence-electron chi connectivity index (χ4n) is 1.15. The summed E-state index contributed by atoms with van der Waals surface area (Å²) in [5.41, 5.74) is 6.33. The summed E-state index contributed by atoms with van der Waals surface area (Å²) >= 11 is 3.30. The number of aromatic nitrogens is 1. The third kappa shape index (κ3) is 3.98. The van der Waals surface area contributed by atoms with Crippen molar-refractivity contribution in [2.45, 2.75) is 19.4 Å². The number of rotatable bonds is 5. The van der Waals surface area contributed by atoms with Gasteiger partial charge in [0.2, 0.25) is 5.88 Å². The van der Waals surface area contributed by atoms with Crippen LogP contribution in [0.4, 0.5) is 5.69 Å². The van der Waals surface area contributed by atoms with E-state index in [1.807, 2.05) is 0 Å². The van der Waals surface area contributed by atoms with Crippen LogP contribution in [0.5, 0.6) is 5.88 Å². The summed E-state index contributed by atoms with van der Waals surface area (Å²) in [4.78, 5) is 6.27. The van der Waals surface area contributed by atoms with E-state index < -0.39 is 0 Å². The monoisotopic (exact) mass is 287 g/mol. The van der Waals surface area contributed by atoms with Crippen molar-refractivity contribution in [1.82, 2.24) is 9.88 Å². The second-order valence-corrected chi connectivity index (χ2v) is 4.91. The first-order valence-corrected chi connectivity index (χ1v) is 6.00. The molecule has 1 unspecified atom stereocenters. The molecular weight excluding hydrogens is 270 g/mol. The van der Waals surface area contributed by atoms with Crippen LogP contribution in [0.2, 0.25) is 0 Å². The Morgan fingerprint density at radius 1 is 1.56 bits per heavy atom. The van der Waals surface area contributed by atoms with Gasteiger partial charge in [-0.15, -0.1) is 0 Å². The number of nitrogens with zero attached hydrogens (tertiary/aromatic N) is 2. The first-order chi connectivity index (χ1) is 7.50. The number of halogens is 1. The lowest BCUT2D eigenvalue weighted by molar-refractivity contribution is 0.229. The molecule has 1 heterocycles. The summed E-state index contributed by atoms with van der Waals surface area (Å²) in [6.45, 7) is 2.78. The Labute approximate surface area is 105 Å². The van der Waals surface area contributed by atoms with E-state index in [1.54, 1.807) is 12.3 Å². The molecule has 0 saturated carbocycles. The van der Waals surface area contributed by atoms with Crippen molar-refractivity contribution in [3.05, 3.63) is 16.7 Å². The number of hydrogen-bond acceptors (Lipinski definition) is 4. The van der Waals surface area contributed by atoms with Crippen LogP contribution in [0, 0.1) is 0 Å². The molecule has 5 heteroatoms. The van der Waals surface area contributed by atoms with Gasteiger partial charge in [-0.05, 0) is 49.4 Å². The third-order valence-corrected chi connectivity index (χ3v) is 2.94. The summed E-state index contributed by atoms with van der Waals surface area (Å²) in [5, 5.41) is 0. The van der Waals surface area contributed by atoms with Gasteiger partial charge in [-0.1, -0.05) is 0 Å². The van der Waals surface area contributed by atoms with Gasteiger partial charge < -0.3 is 15.4 Å². The van der Waals surface area contributed by atoms with Crippen molar-refractivity contribution in [3.63, 3.8) is 0 Å². The zero-order valence-electron chi connectivity index (χ0n) is 9.90. The molecule has 0 aliphatic carbocycles. The van der Waals surface area contributed by atoms with Crippen LogP contribution >= 0.6 is 15.9 Å². The number of anilines is 1. The Morgan fingerprint density at radius 2 is 2.25 bits per heavy atom. The molecule has 16 heavy (non-hydrogen) atoms. The van der Waals surface area contributed by atoms with E-state index in [4.69, 9.17) is 10.5 Å². The molecule has 2 N–H and O–H groups in total. The number of pyridine rings is 1. The summed E-state index contributed by atoms with van der Waals surface area (Å²) in [6, 6.07) is 2.27. The second-order valence-electron chi connectivity index (χ2n) is 4.00. The maximum atomic E-state index is 5.77. The molecule has 1 rings (SSSR count). The zero-order valence-corrected chi connectivity index (χ0v) is 11.5. The fourth-order valence-corrected chi connectivity index (χ4v) is 1.50. The maximum absolute atomic E-state index is 5.77. The van der Waals surface area contributed by atoms with Crippen molar-refractivity contribution >= 4 is 21.6 Å². The van der Waals surface area contributed by atoms with Crippen LogP contribution in [0.1, 0.15) is 13.3 Å². The van der Waals surface area contributed by atoms with Gasteiger partial charge in [0.1, 0.15) is 0 Å². The first kappa shape index (κ1) is 13.3. The van der Waals surface area contributed by atoms with Crippen molar-refractivity contribution in [1.29, 1.82) is 0 Å². The number of hydrogen-bond donors (Lipinski definition) is 1. The molecule has 1 aromatic rings. The summed E-state index contributed by atoms with van der Waals surface area (Å²) in [6.07, 6.45) is 2.63. The zero-order chi connectivity index (χ0) is 12.1. The van der Waals surface area contributed by atoms with E-state index in [-0.39, 0.29) is 0 Å². The van der Waals surface area contributed by atoms with Gasteiger partial charge in [0.15, 0.2) is 0 Å². The highest BCUT2D eigenvalue weighted by Crippen LogP contribution is 2.22. The van der Waals surface area contributed by atoms with Crippen LogP contribution < -0.4 is 10.5 Å². The Bertz CT molecular complexity index is 344. The molecule has 90 valence electrons. The Morgan fingerprint density at radius 3 is 2.81 bits per heavy atom. The van der Waals surface area contributed by atoms with Gasteiger partial charge in [0.25, 0.3) is 0 Å². The summed E-state index contributed by atoms with van der Waals surface area (Å²) in [7, 11) is 4.10. The third-order valence-electron chi connectivity index (χ3n) is 2.50. The van der Waals surface area contributed by atoms with Crippen molar-refractivity contribution < 1.29 is 4.74 Å². The number of ether oxygens (including phenoxy) is 1. The summed E-state index contributed by atoms with van der Waals surface area (Å²) in [5.74, 6) is 0.508. The quantitative estimate of drug-likeness (QED) is 0.902. The number of nitrogen functional groups attached to an aromatic ring is 1. The van der Waals surface area contributed by atoms with Gasteiger partial charge in [0.05, 0.1) is 12.3 Å². The largest absolute Gasteiger partial charge is 0.476 e. The number of nitrogens with two attached hydrogens (primary N) is 1. The van der Waals surface area contributed by atoms with E-state index in [9.17, 15) is 0 Å². The second kappa shape index (κ2) is 6.06. The molecule has 0 aliphatic heterocycles. The topological polar surface area (TPSA) is 51.4 Å². The van der Waals surface area contributed by atoms with Gasteiger partial charge >= 0.3 is 0 Å². The van der Waals surface area contributed by atoms with Gasteiger partial charge in [-0.25, -0.2) is 4.98 Å². The molecule has 1 aromatic heterocycles. The van der Waals surface area contributed by atoms with E-state index in [1.165, 1.54) is 0 Å². The Kier molecular flexibility index (Phi) is 5.02. The minimum Gasteiger partial charge on any atom is -0.476 e. The van der Waals surface area contributed by atoms with Gasteiger partial charge in [0, 0.05) is 16.7 Å². The maximum Gasteiger partial charge on any atom is 0.237 e. The fraction of sp³-hybridized carbons (Fsp3) is 0.545. The molecule has 4 nitrogen and oxygen atoms in total. The molecule has 0 radical (unpaired) electrons. The minimum atomic E-state index is 0.483. The summed E-state index contributed by atoms with van der Waals surface area (Å²) < 4.78 is 6.39. The lowest BCUT2D eigenvalue weighted by Gasteiger charge is -2.19. The molecule has 0 bridgehead atoms. The van der Waals surface area contributed by atoms with E-state index in [0.29, 0.717) is 24.2 Å². The minimum absolute atomic E-state index is 0.483. The molecule has 0 saturated heterocycles. The van der Waals surface area contributed by atoms with E-state index >= 15 is 0 Å². The molecule has 0 aliphatic rings. The molecule has 0 spiro atoms. The SMILES string of the molecule is CC(CCOc1ncc(Br)cc1N)N(C)C. The molecular formula is C11H18BrN3O. The standard InChI is InChI=1S/C11H18BrN3O/c1-8(15(2)3)4-5-16-11-10(13)6-9(12)7-14-11/h6-8H,4-5,13H2,1-3H3. The predicted octanol–water partition coefficient (Wildman–Crippen LogP) is 2.15. The van der Waals surface area contributed by atoms with Gasteiger partial charge in [-0.3, -0.25) is 0 Å². The van der Waals surface area contributed by atoms with Crippen LogP contribution in [-0.4, -0.2) is 36.6 Å². The lowest BCUT2D eigenvalue weighted by atomic mass is 10.2. The van der Waals surface area contributed by atoms with Gasteiger partial charge in [-0.2, -0.15) is 0 Å². The van der Waals surface area contributed by atoms with Crippen molar-refractivity contribution in [3.8, 4) is 5.88 Å². The van der Waals surface area contributed by atoms with Crippen LogP contribution in [-0.2, 0) is 0 Å². The normalized spacial score (nSPS) is 12.8. The van der Waals surface area contributed by atoms with Crippen molar-refractivity contribution in [2.75, 3.05) is 26.4 Å². The predicted molar refractivity (Wildman–Crippen MR) is 69.6 cm³/mol. The highest BCUT2D eigenvalue weighted by atomic mass is 79.9. The van der Waals surface area contributed by atoms with Crippen LogP contribution in [0.25, 0.3) is 0 Å². The Balaban J connectivity index is 2.43. The van der Waals surface area contributed by atoms with E-state index in [0.717, 1.165) is 10.9 Å². The molecule has 1 atom stereocenters. The van der Waals surface area contributed by atoms with Crippen molar-refractivity contribution in [2.24, 2.45) is 0 Å². The highest BCUT2D eigenvalue weighted by molar-refractivity contribution is 9.10.